The van der Waals surface area contributed by atoms with Gasteiger partial charge in [0.2, 0.25) is 5.78 Å². The Morgan fingerprint density at radius 1 is 1.10 bits per heavy atom. The molecule has 0 fully saturated rings. The maximum Gasteiger partial charge on any atom is 0.384 e. The van der Waals surface area contributed by atoms with Crippen molar-refractivity contribution in [2.24, 2.45) is 0 Å². The topological polar surface area (TPSA) is 43.4 Å². The molecule has 0 unspecified atom stereocenters. The zero-order valence-electron chi connectivity index (χ0n) is 10.8. The Labute approximate surface area is 121 Å². The Bertz CT molecular complexity index is 738. The van der Waals surface area contributed by atoms with Gasteiger partial charge in [-0.1, -0.05) is 23.7 Å². The van der Waals surface area contributed by atoms with Gasteiger partial charge in [0.15, 0.2) is 0 Å². The molecule has 20 heavy (non-hydrogen) atoms. The number of carbonyl (C=O) groups excluding carboxylic acids is 2. The van der Waals surface area contributed by atoms with Gasteiger partial charge < -0.3 is 4.74 Å². The largest absolute Gasteiger partial charge is 0.456 e. The summed E-state index contributed by atoms with van der Waals surface area (Å²) in [6.45, 7) is 1.91. The minimum atomic E-state index is -0.701. The van der Waals surface area contributed by atoms with E-state index in [0.29, 0.717) is 10.6 Å². The third-order valence-corrected chi connectivity index (χ3v) is 2.85. The predicted octanol–water partition coefficient (Wildman–Crippen LogP) is 3.24. The summed E-state index contributed by atoms with van der Waals surface area (Å²) in [4.78, 5) is 22.9. The molecule has 0 bridgehead atoms. The molecule has 0 saturated carbocycles. The van der Waals surface area contributed by atoms with Crippen LogP contribution >= 0.6 is 11.6 Å². The second-order valence-corrected chi connectivity index (χ2v) is 4.44. The molecular formula is C16H11ClO3. The molecule has 0 spiro atoms. The van der Waals surface area contributed by atoms with Crippen molar-refractivity contribution in [1.82, 2.24) is 0 Å². The molecule has 0 aliphatic carbocycles. The number of Topliss-reactive ketones (excluding diaryl/α,β-unsaturated/α-hetero) is 1. The van der Waals surface area contributed by atoms with Gasteiger partial charge in [0.25, 0.3) is 0 Å². The molecule has 0 saturated heterocycles. The first-order chi connectivity index (χ1) is 9.60. The number of hydrogen-bond donors (Lipinski definition) is 0. The van der Waals surface area contributed by atoms with Crippen LogP contribution in [0.15, 0.2) is 36.4 Å². The highest BCUT2D eigenvalue weighted by atomic mass is 35.5. The lowest BCUT2D eigenvalue weighted by molar-refractivity contribution is -0.136. The number of halogens is 1. The lowest BCUT2D eigenvalue weighted by Crippen LogP contribution is -2.02. The van der Waals surface area contributed by atoms with E-state index < -0.39 is 11.8 Å². The number of carbonyl (C=O) groups is 2. The van der Waals surface area contributed by atoms with Crippen LogP contribution in [0.4, 0.5) is 0 Å². The standard InChI is InChI=1S/C16H11ClO3/c1-2-20-16(19)8-7-15(18)13-4-3-12-10-14(17)6-5-11(12)9-13/h3-6,9-10H,2H2,1H3. The molecule has 2 aromatic rings. The summed E-state index contributed by atoms with van der Waals surface area (Å²) in [6, 6.07) is 10.6. The summed E-state index contributed by atoms with van der Waals surface area (Å²) in [5.41, 5.74) is 0.427. The molecule has 0 heterocycles. The van der Waals surface area contributed by atoms with E-state index in [1.165, 1.54) is 0 Å². The van der Waals surface area contributed by atoms with E-state index in [0.717, 1.165) is 10.8 Å². The highest BCUT2D eigenvalue weighted by Crippen LogP contribution is 2.20. The molecule has 0 N–H and O–H groups in total. The van der Waals surface area contributed by atoms with Crippen molar-refractivity contribution >= 4 is 34.1 Å². The van der Waals surface area contributed by atoms with Crippen LogP contribution in [0.5, 0.6) is 0 Å². The molecule has 0 aliphatic rings. The van der Waals surface area contributed by atoms with E-state index in [9.17, 15) is 9.59 Å². The van der Waals surface area contributed by atoms with Gasteiger partial charge in [-0.25, -0.2) is 4.79 Å². The maximum absolute atomic E-state index is 11.9. The Hall–Kier alpha value is -2.31. The van der Waals surface area contributed by atoms with Crippen molar-refractivity contribution in [3.05, 3.63) is 47.0 Å². The Morgan fingerprint density at radius 3 is 2.55 bits per heavy atom. The van der Waals surface area contributed by atoms with E-state index in [4.69, 9.17) is 11.6 Å². The lowest BCUT2D eigenvalue weighted by atomic mass is 10.0. The van der Waals surface area contributed by atoms with Crippen LogP contribution in [0.3, 0.4) is 0 Å². The second-order valence-electron chi connectivity index (χ2n) is 4.01. The van der Waals surface area contributed by atoms with Crippen LogP contribution < -0.4 is 0 Å². The van der Waals surface area contributed by atoms with Gasteiger partial charge in [0.05, 0.1) is 6.61 Å². The fourth-order valence-corrected chi connectivity index (χ4v) is 1.89. The lowest BCUT2D eigenvalue weighted by Gasteiger charge is -2.00. The Kier molecular flexibility index (Phi) is 4.39. The van der Waals surface area contributed by atoms with Gasteiger partial charge >= 0.3 is 5.97 Å². The smallest absolute Gasteiger partial charge is 0.384 e. The molecule has 2 rings (SSSR count). The molecule has 4 heteroatoms. The first-order valence-corrected chi connectivity index (χ1v) is 6.40. The van der Waals surface area contributed by atoms with E-state index >= 15 is 0 Å². The highest BCUT2D eigenvalue weighted by molar-refractivity contribution is 6.31. The van der Waals surface area contributed by atoms with Crippen molar-refractivity contribution in [2.45, 2.75) is 6.92 Å². The average molecular weight is 287 g/mol. The molecule has 0 aliphatic heterocycles. The third-order valence-electron chi connectivity index (χ3n) is 2.62. The minimum absolute atomic E-state index is 0.235. The molecule has 2 aromatic carbocycles. The number of esters is 1. The zero-order valence-corrected chi connectivity index (χ0v) is 11.5. The van der Waals surface area contributed by atoms with Gasteiger partial charge in [0, 0.05) is 16.5 Å². The van der Waals surface area contributed by atoms with Gasteiger partial charge in [-0.05, 0) is 47.9 Å². The number of ether oxygens (including phenoxy) is 1. The molecule has 0 radical (unpaired) electrons. The molecule has 100 valence electrons. The zero-order chi connectivity index (χ0) is 14.5. The number of fused-ring (bicyclic) bond motifs is 1. The third kappa shape index (κ3) is 3.37. The fourth-order valence-electron chi connectivity index (χ4n) is 1.70. The molecular weight excluding hydrogens is 276 g/mol. The number of ketones is 1. The predicted molar refractivity (Wildman–Crippen MR) is 77.7 cm³/mol. The number of hydrogen-bond acceptors (Lipinski definition) is 3. The number of rotatable bonds is 2. The van der Waals surface area contributed by atoms with Crippen molar-refractivity contribution in [3.63, 3.8) is 0 Å². The summed E-state index contributed by atoms with van der Waals surface area (Å²) in [6.07, 6.45) is 0. The number of benzene rings is 2. The van der Waals surface area contributed by atoms with Gasteiger partial charge in [-0.15, -0.1) is 0 Å². The summed E-state index contributed by atoms with van der Waals surface area (Å²) < 4.78 is 4.63. The first-order valence-electron chi connectivity index (χ1n) is 6.02. The highest BCUT2D eigenvalue weighted by Gasteiger charge is 2.04. The molecule has 0 amide bonds. The van der Waals surface area contributed by atoms with Crippen molar-refractivity contribution in [2.75, 3.05) is 6.61 Å². The molecule has 0 aromatic heterocycles. The van der Waals surface area contributed by atoms with Crippen LogP contribution in [-0.2, 0) is 9.53 Å². The SMILES string of the molecule is CCOC(=O)C#CC(=O)c1ccc2cc(Cl)ccc2c1. The fraction of sp³-hybridized carbons (Fsp3) is 0.125. The van der Waals surface area contributed by atoms with Crippen molar-refractivity contribution < 1.29 is 14.3 Å². The maximum atomic E-state index is 11.9. The molecule has 0 atom stereocenters. The average Bonchev–Trinajstić information content (AvgIpc) is 2.44. The summed E-state index contributed by atoms with van der Waals surface area (Å²) in [5, 5.41) is 2.46. The van der Waals surface area contributed by atoms with E-state index in [-0.39, 0.29) is 6.61 Å². The van der Waals surface area contributed by atoms with E-state index in [2.05, 4.69) is 16.6 Å². The van der Waals surface area contributed by atoms with Crippen LogP contribution in [-0.4, -0.2) is 18.4 Å². The minimum Gasteiger partial charge on any atom is -0.456 e. The first kappa shape index (κ1) is 14.1. The van der Waals surface area contributed by atoms with E-state index in [1.54, 1.807) is 31.2 Å². The van der Waals surface area contributed by atoms with Crippen LogP contribution in [0.2, 0.25) is 5.02 Å². The van der Waals surface area contributed by atoms with Crippen LogP contribution in [0.1, 0.15) is 17.3 Å². The second kappa shape index (κ2) is 6.23. The Morgan fingerprint density at radius 2 is 1.80 bits per heavy atom. The van der Waals surface area contributed by atoms with E-state index in [1.807, 2.05) is 12.1 Å². The Balaban J connectivity index is 2.27. The summed E-state index contributed by atoms with van der Waals surface area (Å²) >= 11 is 5.89. The van der Waals surface area contributed by atoms with Crippen LogP contribution in [0, 0.1) is 11.8 Å². The summed E-state index contributed by atoms with van der Waals surface area (Å²) in [7, 11) is 0. The van der Waals surface area contributed by atoms with Crippen LogP contribution in [0.25, 0.3) is 10.8 Å². The van der Waals surface area contributed by atoms with Gasteiger partial charge in [0.1, 0.15) is 0 Å². The van der Waals surface area contributed by atoms with Gasteiger partial charge in [-0.3, -0.25) is 4.79 Å². The molecule has 3 nitrogen and oxygen atoms in total. The normalized spacial score (nSPS) is 9.70. The van der Waals surface area contributed by atoms with Crippen molar-refractivity contribution in [3.8, 4) is 11.8 Å². The monoisotopic (exact) mass is 286 g/mol. The van der Waals surface area contributed by atoms with Crippen molar-refractivity contribution in [1.29, 1.82) is 0 Å². The quantitative estimate of drug-likeness (QED) is 0.280. The van der Waals surface area contributed by atoms with Gasteiger partial charge in [-0.2, -0.15) is 0 Å². The summed E-state index contributed by atoms with van der Waals surface area (Å²) in [5.74, 6) is 3.31.